The number of carbonyl (C=O) groups is 2. The summed E-state index contributed by atoms with van der Waals surface area (Å²) in [7, 11) is 0. The Morgan fingerprint density at radius 2 is 1.92 bits per heavy atom. The maximum atomic E-state index is 12.1. The number of hydrogen-bond donors (Lipinski definition) is 1. The van der Waals surface area contributed by atoms with E-state index in [1.807, 2.05) is 43.3 Å². The average Bonchev–Trinajstić information content (AvgIpc) is 3.11. The zero-order valence-corrected chi connectivity index (χ0v) is 14.9. The average molecular weight is 353 g/mol. The summed E-state index contributed by atoms with van der Waals surface area (Å²) in [6, 6.07) is 13.3. The first-order valence-corrected chi connectivity index (χ1v) is 8.87. The van der Waals surface area contributed by atoms with Gasteiger partial charge < -0.3 is 14.8 Å². The second-order valence-electron chi connectivity index (χ2n) is 6.43. The van der Waals surface area contributed by atoms with E-state index >= 15 is 0 Å². The van der Waals surface area contributed by atoms with Gasteiger partial charge >= 0.3 is 5.97 Å². The summed E-state index contributed by atoms with van der Waals surface area (Å²) in [6.45, 7) is 2.40. The maximum absolute atomic E-state index is 12.1. The second kappa shape index (κ2) is 8.52. The zero-order valence-electron chi connectivity index (χ0n) is 14.9. The van der Waals surface area contributed by atoms with E-state index in [1.54, 1.807) is 6.07 Å². The summed E-state index contributed by atoms with van der Waals surface area (Å²) in [5.74, 6) is -0.0412. The Balaban J connectivity index is 1.36. The van der Waals surface area contributed by atoms with Gasteiger partial charge in [0, 0.05) is 0 Å². The Morgan fingerprint density at radius 3 is 2.77 bits per heavy atom. The van der Waals surface area contributed by atoms with Gasteiger partial charge in [-0.15, -0.1) is 0 Å². The fraction of sp³-hybridized carbons (Fsp3) is 0.333. The molecule has 5 heteroatoms. The highest BCUT2D eigenvalue weighted by molar-refractivity contribution is 5.91. The van der Waals surface area contributed by atoms with E-state index in [2.05, 4.69) is 5.32 Å². The van der Waals surface area contributed by atoms with Gasteiger partial charge in [-0.05, 0) is 67.1 Å². The highest BCUT2D eigenvalue weighted by Crippen LogP contribution is 2.23. The lowest BCUT2D eigenvalue weighted by Gasteiger charge is -2.09. The van der Waals surface area contributed by atoms with Crippen molar-refractivity contribution in [2.24, 2.45) is 0 Å². The predicted octanol–water partition coefficient (Wildman–Crippen LogP) is 2.84. The minimum Gasteiger partial charge on any atom is -0.492 e. The van der Waals surface area contributed by atoms with E-state index < -0.39 is 5.97 Å². The molecule has 26 heavy (non-hydrogen) atoms. The first-order valence-electron chi connectivity index (χ1n) is 8.87. The van der Waals surface area contributed by atoms with Gasteiger partial charge in [0.05, 0.1) is 12.1 Å². The van der Waals surface area contributed by atoms with Crippen LogP contribution in [-0.2, 0) is 22.4 Å². The Morgan fingerprint density at radius 1 is 1.08 bits per heavy atom. The molecule has 0 saturated carbocycles. The highest BCUT2D eigenvalue weighted by atomic mass is 16.5. The van der Waals surface area contributed by atoms with Gasteiger partial charge in [0.15, 0.2) is 6.61 Å². The molecular formula is C21H23NO4. The van der Waals surface area contributed by atoms with Crippen LogP contribution in [-0.4, -0.2) is 31.6 Å². The molecule has 0 aliphatic heterocycles. The van der Waals surface area contributed by atoms with Crippen molar-refractivity contribution < 1.29 is 19.1 Å². The number of ether oxygens (including phenoxy) is 2. The standard InChI is InChI=1S/C21H23NO4/c1-15-4-2-7-19(12-15)25-11-10-22-20(23)14-26-21(24)18-9-8-16-5-3-6-17(16)13-18/h2,4,7-9,12-13H,3,5-6,10-11,14H2,1H3,(H,22,23). The first kappa shape index (κ1) is 18.0. The molecule has 5 nitrogen and oxygen atoms in total. The van der Waals surface area contributed by atoms with Crippen molar-refractivity contribution in [1.29, 1.82) is 0 Å². The third-order valence-electron chi connectivity index (χ3n) is 4.35. The van der Waals surface area contributed by atoms with Crippen molar-refractivity contribution in [3.63, 3.8) is 0 Å². The van der Waals surface area contributed by atoms with Gasteiger partial charge in [-0.2, -0.15) is 0 Å². The monoisotopic (exact) mass is 353 g/mol. The molecule has 1 aliphatic carbocycles. The number of hydrogen-bond acceptors (Lipinski definition) is 4. The molecular weight excluding hydrogens is 330 g/mol. The molecule has 0 aromatic heterocycles. The largest absolute Gasteiger partial charge is 0.492 e. The van der Waals surface area contributed by atoms with Crippen LogP contribution in [0, 0.1) is 6.92 Å². The number of carbonyl (C=O) groups excluding carboxylic acids is 2. The molecule has 0 heterocycles. The van der Waals surface area contributed by atoms with E-state index in [0.29, 0.717) is 18.7 Å². The number of esters is 1. The van der Waals surface area contributed by atoms with Crippen LogP contribution in [0.25, 0.3) is 0 Å². The van der Waals surface area contributed by atoms with Gasteiger partial charge in [-0.25, -0.2) is 4.79 Å². The zero-order chi connectivity index (χ0) is 18.4. The van der Waals surface area contributed by atoms with Crippen molar-refractivity contribution in [1.82, 2.24) is 5.32 Å². The van der Waals surface area contributed by atoms with Crippen LogP contribution in [0.15, 0.2) is 42.5 Å². The number of amides is 1. The van der Waals surface area contributed by atoms with Crippen LogP contribution < -0.4 is 10.1 Å². The van der Waals surface area contributed by atoms with Crippen LogP contribution in [0.5, 0.6) is 5.75 Å². The minimum atomic E-state index is -0.467. The van der Waals surface area contributed by atoms with Crippen molar-refractivity contribution in [2.75, 3.05) is 19.8 Å². The molecule has 0 atom stereocenters. The molecule has 1 aliphatic rings. The SMILES string of the molecule is Cc1cccc(OCCNC(=O)COC(=O)c2ccc3c(c2)CCC3)c1. The molecule has 0 spiro atoms. The van der Waals surface area contributed by atoms with Crippen molar-refractivity contribution in [3.8, 4) is 5.75 Å². The number of fused-ring (bicyclic) bond motifs is 1. The maximum Gasteiger partial charge on any atom is 0.338 e. The Bertz CT molecular complexity index is 800. The Hall–Kier alpha value is -2.82. The van der Waals surface area contributed by atoms with Gasteiger partial charge in [-0.3, -0.25) is 4.79 Å². The number of aryl methyl sites for hydroxylation is 3. The highest BCUT2D eigenvalue weighted by Gasteiger charge is 2.15. The summed E-state index contributed by atoms with van der Waals surface area (Å²) in [6.07, 6.45) is 3.19. The van der Waals surface area contributed by atoms with Crippen molar-refractivity contribution in [2.45, 2.75) is 26.2 Å². The molecule has 1 N–H and O–H groups in total. The van der Waals surface area contributed by atoms with Gasteiger partial charge in [-0.1, -0.05) is 18.2 Å². The third-order valence-corrected chi connectivity index (χ3v) is 4.35. The molecule has 0 bridgehead atoms. The lowest BCUT2D eigenvalue weighted by Crippen LogP contribution is -2.32. The van der Waals surface area contributed by atoms with E-state index in [-0.39, 0.29) is 12.5 Å². The smallest absolute Gasteiger partial charge is 0.338 e. The first-order chi connectivity index (χ1) is 12.6. The summed E-state index contributed by atoms with van der Waals surface area (Å²) in [4.78, 5) is 23.9. The lowest BCUT2D eigenvalue weighted by atomic mass is 10.1. The molecule has 3 rings (SSSR count). The summed E-state index contributed by atoms with van der Waals surface area (Å²) < 4.78 is 10.6. The van der Waals surface area contributed by atoms with Crippen LogP contribution in [0.4, 0.5) is 0 Å². The summed E-state index contributed by atoms with van der Waals surface area (Å²) >= 11 is 0. The Kier molecular flexibility index (Phi) is 5.89. The molecule has 136 valence electrons. The normalized spacial score (nSPS) is 12.3. The van der Waals surface area contributed by atoms with E-state index in [9.17, 15) is 9.59 Å². The van der Waals surface area contributed by atoms with E-state index in [0.717, 1.165) is 30.6 Å². The second-order valence-corrected chi connectivity index (χ2v) is 6.43. The third kappa shape index (κ3) is 4.85. The van der Waals surface area contributed by atoms with E-state index in [1.165, 1.54) is 11.1 Å². The quantitative estimate of drug-likeness (QED) is 0.614. The van der Waals surface area contributed by atoms with Crippen LogP contribution in [0.1, 0.15) is 33.5 Å². The summed E-state index contributed by atoms with van der Waals surface area (Å²) in [5, 5.41) is 2.67. The molecule has 2 aromatic carbocycles. The molecule has 2 aromatic rings. The number of nitrogens with one attached hydrogen (secondary N) is 1. The number of rotatable bonds is 7. The molecule has 0 saturated heterocycles. The van der Waals surface area contributed by atoms with Crippen molar-refractivity contribution >= 4 is 11.9 Å². The fourth-order valence-corrected chi connectivity index (χ4v) is 3.03. The number of benzene rings is 2. The molecule has 1 amide bonds. The molecule has 0 radical (unpaired) electrons. The van der Waals surface area contributed by atoms with Crippen LogP contribution >= 0.6 is 0 Å². The lowest BCUT2D eigenvalue weighted by molar-refractivity contribution is -0.124. The Labute approximate surface area is 153 Å². The topological polar surface area (TPSA) is 64.6 Å². The predicted molar refractivity (Wildman–Crippen MR) is 98.4 cm³/mol. The fourth-order valence-electron chi connectivity index (χ4n) is 3.03. The summed E-state index contributed by atoms with van der Waals surface area (Å²) in [5.41, 5.74) is 4.12. The van der Waals surface area contributed by atoms with Crippen LogP contribution in [0.3, 0.4) is 0 Å². The van der Waals surface area contributed by atoms with Crippen molar-refractivity contribution in [3.05, 3.63) is 64.7 Å². The van der Waals surface area contributed by atoms with Crippen LogP contribution in [0.2, 0.25) is 0 Å². The van der Waals surface area contributed by atoms with Gasteiger partial charge in [0.2, 0.25) is 0 Å². The molecule has 0 fully saturated rings. The van der Waals surface area contributed by atoms with Gasteiger partial charge in [0.1, 0.15) is 12.4 Å². The van der Waals surface area contributed by atoms with Gasteiger partial charge in [0.25, 0.3) is 5.91 Å². The molecule has 0 unspecified atom stereocenters. The minimum absolute atomic E-state index is 0.291. The van der Waals surface area contributed by atoms with E-state index in [4.69, 9.17) is 9.47 Å².